The molecular formula is C16H19F4N3O. The molecule has 0 aliphatic heterocycles. The molecule has 4 rings (SSSR count). The molecule has 3 aliphatic carbocycles. The van der Waals surface area contributed by atoms with E-state index in [9.17, 15) is 22.4 Å². The first kappa shape index (κ1) is 15.9. The topological polar surface area (TPSA) is 46.9 Å². The Morgan fingerprint density at radius 2 is 1.83 bits per heavy atom. The van der Waals surface area contributed by atoms with Gasteiger partial charge in [0.25, 0.3) is 5.92 Å². The van der Waals surface area contributed by atoms with Gasteiger partial charge in [0.15, 0.2) is 0 Å². The Labute approximate surface area is 136 Å². The Morgan fingerprint density at radius 1 is 1.21 bits per heavy atom. The first-order valence-corrected chi connectivity index (χ1v) is 8.33. The summed E-state index contributed by atoms with van der Waals surface area (Å²) in [5, 5.41) is 7.05. The van der Waals surface area contributed by atoms with Crippen molar-refractivity contribution in [2.75, 3.05) is 5.32 Å². The molecule has 4 nitrogen and oxygen atoms in total. The van der Waals surface area contributed by atoms with Crippen LogP contribution in [0.4, 0.5) is 23.4 Å². The minimum Gasteiger partial charge on any atom is -0.310 e. The molecule has 3 aliphatic rings. The molecule has 1 amide bonds. The zero-order chi connectivity index (χ0) is 17.3. The van der Waals surface area contributed by atoms with Crippen molar-refractivity contribution in [1.29, 1.82) is 0 Å². The van der Waals surface area contributed by atoms with E-state index in [0.29, 0.717) is 17.1 Å². The lowest BCUT2D eigenvalue weighted by atomic mass is 9.78. The van der Waals surface area contributed by atoms with Crippen molar-refractivity contribution in [1.82, 2.24) is 9.78 Å². The zero-order valence-corrected chi connectivity index (χ0v) is 13.3. The average Bonchev–Trinajstić information content (AvgIpc) is 2.93. The van der Waals surface area contributed by atoms with Gasteiger partial charge in [0.05, 0.1) is 11.7 Å². The molecule has 1 N–H and O–H groups in total. The first-order chi connectivity index (χ1) is 11.2. The molecule has 3 saturated carbocycles. The number of nitrogens with one attached hydrogen (secondary N) is 1. The maximum absolute atomic E-state index is 13.2. The summed E-state index contributed by atoms with van der Waals surface area (Å²) in [6, 6.07) is 0.105. The van der Waals surface area contributed by atoms with Crippen molar-refractivity contribution in [3.05, 3.63) is 11.3 Å². The fraction of sp³-hybridized carbons (Fsp3) is 0.750. The van der Waals surface area contributed by atoms with Gasteiger partial charge in [0.1, 0.15) is 11.7 Å². The molecule has 24 heavy (non-hydrogen) atoms. The zero-order valence-electron chi connectivity index (χ0n) is 13.3. The monoisotopic (exact) mass is 345 g/mol. The van der Waals surface area contributed by atoms with Crippen LogP contribution in [0.3, 0.4) is 0 Å². The normalized spacial score (nSPS) is 28.1. The van der Waals surface area contributed by atoms with Gasteiger partial charge in [-0.25, -0.2) is 22.2 Å². The third kappa shape index (κ3) is 2.50. The molecule has 0 aromatic carbocycles. The van der Waals surface area contributed by atoms with E-state index in [1.54, 1.807) is 11.6 Å². The van der Waals surface area contributed by atoms with Crippen molar-refractivity contribution in [2.45, 2.75) is 69.3 Å². The van der Waals surface area contributed by atoms with Crippen LogP contribution < -0.4 is 5.32 Å². The lowest BCUT2D eigenvalue weighted by Gasteiger charge is -2.34. The maximum atomic E-state index is 13.2. The molecule has 1 aromatic rings. The van der Waals surface area contributed by atoms with Gasteiger partial charge < -0.3 is 5.32 Å². The average molecular weight is 345 g/mol. The number of hydrogen-bond acceptors (Lipinski definition) is 2. The predicted molar refractivity (Wildman–Crippen MR) is 78.5 cm³/mol. The number of carbonyl (C=O) groups is 1. The number of carbonyl (C=O) groups excluding carboxylic acids is 1. The molecule has 1 aromatic heterocycles. The predicted octanol–water partition coefficient (Wildman–Crippen LogP) is 4.02. The smallest absolute Gasteiger partial charge is 0.260 e. The highest BCUT2D eigenvalue weighted by molar-refractivity contribution is 5.95. The second kappa shape index (κ2) is 4.95. The molecule has 0 unspecified atom stereocenters. The molecule has 0 bridgehead atoms. The lowest BCUT2D eigenvalue weighted by Crippen LogP contribution is -2.34. The SMILES string of the molecule is Cc1c(C2CC(F)(F)C2)nn(C2CCC2)c1NC(=O)[C@H]1CC1(F)F. The number of anilines is 1. The molecule has 0 saturated heterocycles. The van der Waals surface area contributed by atoms with E-state index in [1.165, 1.54) is 0 Å². The number of rotatable bonds is 4. The van der Waals surface area contributed by atoms with Crippen LogP contribution in [0.15, 0.2) is 0 Å². The van der Waals surface area contributed by atoms with Crippen LogP contribution in [0, 0.1) is 12.8 Å². The van der Waals surface area contributed by atoms with Crippen molar-refractivity contribution in [2.24, 2.45) is 5.92 Å². The quantitative estimate of drug-likeness (QED) is 0.838. The number of alkyl halides is 4. The van der Waals surface area contributed by atoms with Crippen LogP contribution in [0.25, 0.3) is 0 Å². The Balaban J connectivity index is 1.59. The number of halogens is 4. The Bertz CT molecular complexity index is 688. The van der Waals surface area contributed by atoms with Crippen molar-refractivity contribution in [3.63, 3.8) is 0 Å². The second-order valence-corrected chi connectivity index (χ2v) is 7.36. The van der Waals surface area contributed by atoms with E-state index >= 15 is 0 Å². The van der Waals surface area contributed by atoms with Gasteiger partial charge in [-0.1, -0.05) is 0 Å². The summed E-state index contributed by atoms with van der Waals surface area (Å²) in [6.07, 6.45) is 1.90. The van der Waals surface area contributed by atoms with E-state index in [-0.39, 0.29) is 24.8 Å². The van der Waals surface area contributed by atoms with Crippen LogP contribution in [-0.4, -0.2) is 27.5 Å². The maximum Gasteiger partial charge on any atom is 0.260 e. The van der Waals surface area contributed by atoms with E-state index in [0.717, 1.165) is 19.3 Å². The van der Waals surface area contributed by atoms with Crippen molar-refractivity contribution >= 4 is 11.7 Å². The molecule has 1 heterocycles. The third-order valence-corrected chi connectivity index (χ3v) is 5.47. The van der Waals surface area contributed by atoms with Crippen LogP contribution in [-0.2, 0) is 4.79 Å². The Kier molecular flexibility index (Phi) is 3.28. The highest BCUT2D eigenvalue weighted by Crippen LogP contribution is 2.51. The Hall–Kier alpha value is -1.60. The summed E-state index contributed by atoms with van der Waals surface area (Å²) >= 11 is 0. The molecule has 0 spiro atoms. The van der Waals surface area contributed by atoms with Crippen LogP contribution >= 0.6 is 0 Å². The Morgan fingerprint density at radius 3 is 2.29 bits per heavy atom. The first-order valence-electron chi connectivity index (χ1n) is 8.33. The molecule has 3 fully saturated rings. The highest BCUT2D eigenvalue weighted by Gasteiger charge is 2.61. The summed E-state index contributed by atoms with van der Waals surface area (Å²) in [5.74, 6) is -7.53. The molecule has 1 atom stereocenters. The molecule has 132 valence electrons. The van der Waals surface area contributed by atoms with E-state index in [2.05, 4.69) is 10.4 Å². The molecule has 8 heteroatoms. The number of nitrogens with zero attached hydrogens (tertiary/aromatic N) is 2. The van der Waals surface area contributed by atoms with Crippen LogP contribution in [0.1, 0.15) is 61.7 Å². The number of aromatic nitrogens is 2. The van der Waals surface area contributed by atoms with Gasteiger partial charge in [-0.15, -0.1) is 0 Å². The number of amides is 1. The van der Waals surface area contributed by atoms with Crippen molar-refractivity contribution < 1.29 is 22.4 Å². The van der Waals surface area contributed by atoms with Crippen molar-refractivity contribution in [3.8, 4) is 0 Å². The molecular weight excluding hydrogens is 326 g/mol. The summed E-state index contributed by atoms with van der Waals surface area (Å²) in [7, 11) is 0. The summed E-state index contributed by atoms with van der Waals surface area (Å²) < 4.78 is 54.2. The molecule has 0 radical (unpaired) electrons. The van der Waals surface area contributed by atoms with Crippen LogP contribution in [0.2, 0.25) is 0 Å². The third-order valence-electron chi connectivity index (χ3n) is 5.47. The van der Waals surface area contributed by atoms with Crippen LogP contribution in [0.5, 0.6) is 0 Å². The van der Waals surface area contributed by atoms with Gasteiger partial charge >= 0.3 is 0 Å². The lowest BCUT2D eigenvalue weighted by molar-refractivity contribution is -0.119. The standard InChI is InChI=1S/C16H19F4N3O/c1-8-12(9-5-15(17,18)6-9)22-23(10-3-2-4-10)13(8)21-14(24)11-7-16(11,19)20/h9-11H,2-7H2,1H3,(H,21,24)/t11-/m1/s1. The minimum atomic E-state index is -2.93. The fourth-order valence-electron chi connectivity index (χ4n) is 3.52. The van der Waals surface area contributed by atoms with Gasteiger partial charge in [-0.05, 0) is 26.2 Å². The van der Waals surface area contributed by atoms with E-state index in [1.807, 2.05) is 0 Å². The summed E-state index contributed by atoms with van der Waals surface area (Å²) in [4.78, 5) is 12.0. The van der Waals surface area contributed by atoms with E-state index in [4.69, 9.17) is 0 Å². The second-order valence-electron chi connectivity index (χ2n) is 7.36. The minimum absolute atomic E-state index is 0.105. The van der Waals surface area contributed by atoms with Gasteiger partial charge in [-0.3, -0.25) is 4.79 Å². The fourth-order valence-corrected chi connectivity index (χ4v) is 3.52. The number of hydrogen-bond donors (Lipinski definition) is 1. The van der Waals surface area contributed by atoms with Gasteiger partial charge in [-0.2, -0.15) is 5.10 Å². The van der Waals surface area contributed by atoms with E-state index < -0.39 is 30.1 Å². The summed E-state index contributed by atoms with van der Waals surface area (Å²) in [5.41, 5.74) is 1.19. The highest BCUT2D eigenvalue weighted by atomic mass is 19.3. The largest absolute Gasteiger partial charge is 0.310 e. The summed E-state index contributed by atoms with van der Waals surface area (Å²) in [6.45, 7) is 1.72. The van der Waals surface area contributed by atoms with Gasteiger partial charge in [0, 0.05) is 30.7 Å². The van der Waals surface area contributed by atoms with Gasteiger partial charge in [0.2, 0.25) is 11.8 Å².